The number of benzene rings is 1. The molecule has 0 spiro atoms. The number of carbonyl (C=O) groups is 2. The van der Waals surface area contributed by atoms with Crippen molar-refractivity contribution in [2.75, 3.05) is 26.2 Å². The van der Waals surface area contributed by atoms with E-state index in [0.29, 0.717) is 0 Å². The van der Waals surface area contributed by atoms with Gasteiger partial charge in [-0.15, -0.1) is 0 Å². The van der Waals surface area contributed by atoms with E-state index < -0.39 is 16.1 Å². The molecular formula is C16H18N2O5S. The van der Waals surface area contributed by atoms with Crippen LogP contribution in [0.3, 0.4) is 0 Å². The second-order valence-electron chi connectivity index (χ2n) is 6.00. The van der Waals surface area contributed by atoms with Crippen LogP contribution in [0.15, 0.2) is 29.7 Å². The molecule has 0 atom stereocenters. The first-order valence-corrected chi connectivity index (χ1v) is 9.07. The molecule has 2 aliphatic rings. The van der Waals surface area contributed by atoms with Crippen molar-refractivity contribution in [1.29, 1.82) is 0 Å². The van der Waals surface area contributed by atoms with Crippen LogP contribution in [0, 0.1) is 12.8 Å². The maximum atomic E-state index is 12.2. The van der Waals surface area contributed by atoms with Crippen molar-refractivity contribution in [3.63, 3.8) is 0 Å². The van der Waals surface area contributed by atoms with E-state index in [9.17, 15) is 18.0 Å². The number of aryl methyl sites for hydroxylation is 1. The average Bonchev–Trinajstić information content (AvgIpc) is 2.81. The second kappa shape index (κ2) is 6.37. The minimum Gasteiger partial charge on any atom is -0.439 e. The summed E-state index contributed by atoms with van der Waals surface area (Å²) >= 11 is 0. The molecule has 2 saturated heterocycles. The molecule has 7 nitrogen and oxygen atoms in total. The van der Waals surface area contributed by atoms with E-state index in [0.717, 1.165) is 16.0 Å². The van der Waals surface area contributed by atoms with Crippen molar-refractivity contribution in [2.45, 2.75) is 6.92 Å². The molecular weight excluding hydrogens is 332 g/mol. The van der Waals surface area contributed by atoms with Gasteiger partial charge in [-0.3, -0.25) is 4.79 Å². The monoisotopic (exact) mass is 350 g/mol. The Labute approximate surface area is 140 Å². The quantitative estimate of drug-likeness (QED) is 0.797. The number of amides is 2. The first-order valence-electron chi connectivity index (χ1n) is 7.57. The summed E-state index contributed by atoms with van der Waals surface area (Å²) in [6.07, 6.45) is 0.907. The minimum atomic E-state index is -3.49. The molecule has 0 saturated carbocycles. The summed E-state index contributed by atoms with van der Waals surface area (Å²) in [7, 11) is -3.49. The highest BCUT2D eigenvalue weighted by atomic mass is 32.2. The molecule has 2 heterocycles. The van der Waals surface area contributed by atoms with Gasteiger partial charge in [-0.2, -0.15) is 4.31 Å². The Morgan fingerprint density at radius 3 is 2.46 bits per heavy atom. The number of nitrogens with zero attached hydrogens (tertiary/aromatic N) is 2. The minimum absolute atomic E-state index is 0.0536. The van der Waals surface area contributed by atoms with Gasteiger partial charge in [-0.1, -0.05) is 29.8 Å². The van der Waals surface area contributed by atoms with E-state index in [1.807, 2.05) is 31.2 Å². The number of cyclic esters (lactones) is 1. The zero-order valence-electron chi connectivity index (χ0n) is 13.2. The summed E-state index contributed by atoms with van der Waals surface area (Å²) in [6, 6.07) is 7.53. The largest absolute Gasteiger partial charge is 0.439 e. The average molecular weight is 350 g/mol. The van der Waals surface area contributed by atoms with Crippen LogP contribution in [0.5, 0.6) is 0 Å². The topological polar surface area (TPSA) is 84.0 Å². The van der Waals surface area contributed by atoms with Gasteiger partial charge in [0, 0.05) is 31.0 Å². The van der Waals surface area contributed by atoms with Crippen LogP contribution in [0.4, 0.5) is 4.79 Å². The molecule has 24 heavy (non-hydrogen) atoms. The van der Waals surface area contributed by atoms with Crippen LogP contribution in [0.25, 0.3) is 6.08 Å². The number of hydrogen-bond donors (Lipinski definition) is 0. The molecule has 2 amide bonds. The summed E-state index contributed by atoms with van der Waals surface area (Å²) in [4.78, 5) is 23.9. The Hall–Kier alpha value is -2.19. The lowest BCUT2D eigenvalue weighted by Gasteiger charge is -2.38. The third-order valence-corrected chi connectivity index (χ3v) is 5.57. The normalized spacial score (nSPS) is 19.8. The molecule has 1 aromatic rings. The van der Waals surface area contributed by atoms with Gasteiger partial charge in [0.25, 0.3) is 5.91 Å². The number of ether oxygens (including phenoxy) is 1. The molecule has 0 aromatic heterocycles. The zero-order chi connectivity index (χ0) is 17.3. The van der Waals surface area contributed by atoms with Gasteiger partial charge in [0.05, 0.1) is 0 Å². The van der Waals surface area contributed by atoms with Gasteiger partial charge in [-0.25, -0.2) is 18.1 Å². The van der Waals surface area contributed by atoms with E-state index >= 15 is 0 Å². The summed E-state index contributed by atoms with van der Waals surface area (Å²) in [6.45, 7) is 2.51. The highest BCUT2D eigenvalue weighted by molar-refractivity contribution is 7.92. The Morgan fingerprint density at radius 2 is 1.88 bits per heavy atom. The Kier molecular flexibility index (Phi) is 4.42. The SMILES string of the molecule is Cc1ccc(/C=C/S(=O)(=O)N2CC(CN3C(=O)COC3=O)C2)cc1. The highest BCUT2D eigenvalue weighted by Crippen LogP contribution is 2.23. The fraction of sp³-hybridized carbons (Fsp3) is 0.375. The molecule has 0 radical (unpaired) electrons. The van der Waals surface area contributed by atoms with E-state index in [-0.39, 0.29) is 38.1 Å². The fourth-order valence-corrected chi connectivity index (χ4v) is 3.93. The summed E-state index contributed by atoms with van der Waals surface area (Å²) in [5, 5.41) is 1.18. The zero-order valence-corrected chi connectivity index (χ0v) is 14.0. The van der Waals surface area contributed by atoms with E-state index in [2.05, 4.69) is 4.74 Å². The predicted octanol–water partition coefficient (Wildman–Crippen LogP) is 1.21. The van der Waals surface area contributed by atoms with Crippen LogP contribution < -0.4 is 0 Å². The van der Waals surface area contributed by atoms with E-state index in [1.54, 1.807) is 6.08 Å². The number of imide groups is 1. The molecule has 128 valence electrons. The summed E-state index contributed by atoms with van der Waals surface area (Å²) in [5.74, 6) is -0.428. The Balaban J connectivity index is 1.55. The van der Waals surface area contributed by atoms with Crippen LogP contribution >= 0.6 is 0 Å². The first-order chi connectivity index (χ1) is 11.3. The maximum Gasteiger partial charge on any atom is 0.417 e. The van der Waals surface area contributed by atoms with Crippen molar-refractivity contribution in [3.05, 3.63) is 40.8 Å². The van der Waals surface area contributed by atoms with Gasteiger partial charge in [0.2, 0.25) is 10.0 Å². The van der Waals surface area contributed by atoms with Crippen LogP contribution in [-0.4, -0.2) is 55.9 Å². The van der Waals surface area contributed by atoms with Crippen molar-refractivity contribution in [3.8, 4) is 0 Å². The molecule has 2 fully saturated rings. The standard InChI is InChI=1S/C16H18N2O5S/c1-12-2-4-13(5-3-12)6-7-24(21,22)17-8-14(9-17)10-18-15(19)11-23-16(18)20/h2-7,14H,8-11H2,1H3/b7-6+. The second-order valence-corrected chi connectivity index (χ2v) is 7.82. The smallest absolute Gasteiger partial charge is 0.417 e. The highest BCUT2D eigenvalue weighted by Gasteiger charge is 2.39. The third kappa shape index (κ3) is 3.49. The van der Waals surface area contributed by atoms with Gasteiger partial charge in [-0.05, 0) is 18.6 Å². The third-order valence-electron chi connectivity index (χ3n) is 4.07. The van der Waals surface area contributed by atoms with Crippen LogP contribution in [0.1, 0.15) is 11.1 Å². The molecule has 1 aromatic carbocycles. The van der Waals surface area contributed by atoms with Gasteiger partial charge in [0.1, 0.15) is 0 Å². The lowest BCUT2D eigenvalue weighted by molar-refractivity contribution is -0.126. The molecule has 0 unspecified atom stereocenters. The number of rotatable bonds is 5. The predicted molar refractivity (Wildman–Crippen MR) is 87.3 cm³/mol. The molecule has 0 N–H and O–H groups in total. The van der Waals surface area contributed by atoms with Crippen LogP contribution in [-0.2, 0) is 19.6 Å². The summed E-state index contributed by atoms with van der Waals surface area (Å²) in [5.41, 5.74) is 1.92. The van der Waals surface area contributed by atoms with Crippen molar-refractivity contribution >= 4 is 28.1 Å². The molecule has 8 heteroatoms. The van der Waals surface area contributed by atoms with Crippen LogP contribution in [0.2, 0.25) is 0 Å². The lowest BCUT2D eigenvalue weighted by Crippen LogP contribution is -2.53. The van der Waals surface area contributed by atoms with Crippen molar-refractivity contribution in [2.24, 2.45) is 5.92 Å². The van der Waals surface area contributed by atoms with E-state index in [1.165, 1.54) is 9.71 Å². The number of sulfonamides is 1. The van der Waals surface area contributed by atoms with Crippen molar-refractivity contribution < 1.29 is 22.7 Å². The fourth-order valence-electron chi connectivity index (χ4n) is 2.59. The van der Waals surface area contributed by atoms with Gasteiger partial charge >= 0.3 is 6.09 Å². The lowest BCUT2D eigenvalue weighted by atomic mass is 10.0. The van der Waals surface area contributed by atoms with Crippen molar-refractivity contribution in [1.82, 2.24) is 9.21 Å². The number of carbonyl (C=O) groups excluding carboxylic acids is 2. The maximum absolute atomic E-state index is 12.2. The number of hydrogen-bond acceptors (Lipinski definition) is 5. The van der Waals surface area contributed by atoms with E-state index in [4.69, 9.17) is 0 Å². The molecule has 2 aliphatic heterocycles. The van der Waals surface area contributed by atoms with Gasteiger partial charge < -0.3 is 4.74 Å². The molecule has 3 rings (SSSR count). The Morgan fingerprint density at radius 1 is 1.21 bits per heavy atom. The first kappa shape index (κ1) is 16.7. The molecule has 0 bridgehead atoms. The Bertz CT molecular complexity index is 763. The van der Waals surface area contributed by atoms with Gasteiger partial charge in [0.15, 0.2) is 6.61 Å². The molecule has 0 aliphatic carbocycles. The summed E-state index contributed by atoms with van der Waals surface area (Å²) < 4.78 is 30.4.